The van der Waals surface area contributed by atoms with Gasteiger partial charge in [0.05, 0.1) is 16.8 Å². The highest BCUT2D eigenvalue weighted by Crippen LogP contribution is 2.43. The van der Waals surface area contributed by atoms with Crippen molar-refractivity contribution in [2.75, 3.05) is 11.5 Å². The minimum absolute atomic E-state index is 0.216. The lowest BCUT2D eigenvalue weighted by Crippen LogP contribution is -2.31. The highest BCUT2D eigenvalue weighted by Gasteiger charge is 2.40. The number of hydrogen-bond donors (Lipinski definition) is 1. The molecule has 1 aliphatic heterocycles. The lowest BCUT2D eigenvalue weighted by molar-refractivity contribution is -0.137. The predicted octanol–water partition coefficient (Wildman–Crippen LogP) is 6.14. The monoisotopic (exact) mass is 490 g/mol. The maximum atomic E-state index is 13.9. The van der Waals surface area contributed by atoms with Gasteiger partial charge < -0.3 is 4.74 Å². The molecule has 12 heteroatoms. The molecule has 0 aromatic carbocycles. The van der Waals surface area contributed by atoms with Crippen molar-refractivity contribution < 1.29 is 31.5 Å². The molecule has 3 heterocycles. The van der Waals surface area contributed by atoms with Crippen LogP contribution in [0.4, 0.5) is 32.6 Å². The van der Waals surface area contributed by atoms with Gasteiger partial charge in [0.15, 0.2) is 6.10 Å². The van der Waals surface area contributed by atoms with E-state index in [2.05, 4.69) is 29.5 Å². The molecule has 33 heavy (non-hydrogen) atoms. The summed E-state index contributed by atoms with van der Waals surface area (Å²) in [6, 6.07) is 1.80. The number of nitrogens with zero attached hydrogens (tertiary/aromatic N) is 3. The van der Waals surface area contributed by atoms with Gasteiger partial charge in [-0.2, -0.15) is 13.2 Å². The van der Waals surface area contributed by atoms with E-state index in [0.29, 0.717) is 19.0 Å². The SMILES string of the molecule is CCCC(CP)(CCC)c1cc(C(F)(F)F)cc(-c2ncnc3c2C(C(F)F)OC(=O)N3)n1. The second kappa shape index (κ2) is 9.83. The van der Waals surface area contributed by atoms with E-state index in [-0.39, 0.29) is 28.5 Å². The van der Waals surface area contributed by atoms with E-state index >= 15 is 0 Å². The smallest absolute Gasteiger partial charge is 0.416 e. The van der Waals surface area contributed by atoms with E-state index in [9.17, 15) is 26.7 Å². The molecular weight excluding hydrogens is 466 g/mol. The summed E-state index contributed by atoms with van der Waals surface area (Å²) in [5.74, 6) is -0.248. The molecule has 1 aliphatic rings. The van der Waals surface area contributed by atoms with Gasteiger partial charge in [-0.15, -0.1) is 9.24 Å². The molecule has 0 aliphatic carbocycles. The van der Waals surface area contributed by atoms with Gasteiger partial charge in [0.2, 0.25) is 0 Å². The molecule has 0 fully saturated rings. The van der Waals surface area contributed by atoms with Crippen LogP contribution in [0, 0.1) is 0 Å². The van der Waals surface area contributed by atoms with E-state index in [4.69, 9.17) is 4.74 Å². The average molecular weight is 490 g/mol. The number of amides is 1. The number of fused-ring (bicyclic) bond motifs is 1. The van der Waals surface area contributed by atoms with Crippen LogP contribution in [0.3, 0.4) is 0 Å². The molecule has 2 aromatic rings. The van der Waals surface area contributed by atoms with Gasteiger partial charge in [0.1, 0.15) is 17.8 Å². The first kappa shape index (κ1) is 25.2. The Balaban J connectivity index is 2.30. The highest BCUT2D eigenvalue weighted by molar-refractivity contribution is 7.16. The Kier molecular flexibility index (Phi) is 7.51. The van der Waals surface area contributed by atoms with Crippen LogP contribution in [0.15, 0.2) is 18.5 Å². The van der Waals surface area contributed by atoms with Crippen LogP contribution in [0.25, 0.3) is 11.4 Å². The van der Waals surface area contributed by atoms with Crippen LogP contribution in [-0.4, -0.2) is 33.6 Å². The third-order valence-electron chi connectivity index (χ3n) is 5.64. The second-order valence-electron chi connectivity index (χ2n) is 7.88. The summed E-state index contributed by atoms with van der Waals surface area (Å²) in [4.78, 5) is 23.9. The van der Waals surface area contributed by atoms with Crippen LogP contribution < -0.4 is 5.32 Å². The zero-order chi connectivity index (χ0) is 24.4. The van der Waals surface area contributed by atoms with Gasteiger partial charge in [-0.3, -0.25) is 10.3 Å². The van der Waals surface area contributed by atoms with Crippen molar-refractivity contribution in [1.82, 2.24) is 15.0 Å². The van der Waals surface area contributed by atoms with Gasteiger partial charge >= 0.3 is 12.3 Å². The first-order valence-corrected chi connectivity index (χ1v) is 11.3. The molecule has 180 valence electrons. The Morgan fingerprint density at radius 3 is 2.36 bits per heavy atom. The summed E-state index contributed by atoms with van der Waals surface area (Å²) >= 11 is 0. The van der Waals surface area contributed by atoms with Gasteiger partial charge in [0, 0.05) is 11.1 Å². The molecule has 0 radical (unpaired) electrons. The van der Waals surface area contributed by atoms with Crippen LogP contribution in [0.5, 0.6) is 0 Å². The standard InChI is InChI=1S/C21H24F5N4O2P/c1-3-5-20(9-33,6-4-2)13-8-11(21(24,25)26)7-12(29-13)15-14-16(17(22)23)32-19(31)30-18(14)28-10-27-15/h7-8,10,16-17H,3-6,9,33H2,1-2H3,(H,27,28,30,31). The summed E-state index contributed by atoms with van der Waals surface area (Å²) in [6.45, 7) is 3.88. The molecule has 6 nitrogen and oxygen atoms in total. The molecule has 2 atom stereocenters. The maximum absolute atomic E-state index is 13.9. The lowest BCUT2D eigenvalue weighted by Gasteiger charge is -2.33. The Morgan fingerprint density at radius 1 is 1.15 bits per heavy atom. The van der Waals surface area contributed by atoms with E-state index in [1.54, 1.807) is 0 Å². The molecule has 0 saturated heterocycles. The minimum Gasteiger partial charge on any atom is -0.435 e. The number of carbonyl (C=O) groups excluding carboxylic acids is 1. The number of nitrogens with one attached hydrogen (secondary N) is 1. The average Bonchev–Trinajstić information content (AvgIpc) is 2.76. The molecule has 0 bridgehead atoms. The van der Waals surface area contributed by atoms with E-state index in [1.165, 1.54) is 0 Å². The fourth-order valence-electron chi connectivity index (χ4n) is 4.18. The van der Waals surface area contributed by atoms with Crippen LogP contribution in [0.1, 0.15) is 62.5 Å². The molecular formula is C21H24F5N4O2P. The third-order valence-corrected chi connectivity index (χ3v) is 6.42. The third kappa shape index (κ3) is 5.08. The van der Waals surface area contributed by atoms with Crippen molar-refractivity contribution >= 4 is 21.2 Å². The van der Waals surface area contributed by atoms with Crippen LogP contribution in [-0.2, 0) is 16.3 Å². The number of rotatable bonds is 8. The van der Waals surface area contributed by atoms with Gasteiger partial charge in [0.25, 0.3) is 6.43 Å². The Morgan fingerprint density at radius 2 is 1.82 bits per heavy atom. The van der Waals surface area contributed by atoms with Gasteiger partial charge in [-0.25, -0.2) is 23.5 Å². The van der Waals surface area contributed by atoms with Crippen molar-refractivity contribution in [3.63, 3.8) is 0 Å². The largest absolute Gasteiger partial charge is 0.435 e. The predicted molar refractivity (Wildman–Crippen MR) is 115 cm³/mol. The zero-order valence-corrected chi connectivity index (χ0v) is 19.2. The molecule has 3 rings (SSSR count). The molecule has 2 aromatic heterocycles. The van der Waals surface area contributed by atoms with Crippen LogP contribution >= 0.6 is 9.24 Å². The number of ether oxygens (including phenoxy) is 1. The Hall–Kier alpha value is -2.42. The molecule has 1 N–H and O–H groups in total. The van der Waals surface area contributed by atoms with Gasteiger partial charge in [-0.1, -0.05) is 26.7 Å². The second-order valence-corrected chi connectivity index (χ2v) is 8.29. The van der Waals surface area contributed by atoms with E-state index in [1.807, 2.05) is 13.8 Å². The molecule has 0 spiro atoms. The number of hydrogen-bond acceptors (Lipinski definition) is 5. The van der Waals surface area contributed by atoms with Crippen molar-refractivity contribution in [3.8, 4) is 11.4 Å². The number of halogens is 5. The highest BCUT2D eigenvalue weighted by atomic mass is 31.0. The summed E-state index contributed by atoms with van der Waals surface area (Å²) in [7, 11) is 2.59. The van der Waals surface area contributed by atoms with Gasteiger partial charge in [-0.05, 0) is 31.1 Å². The fraction of sp³-hybridized carbons (Fsp3) is 0.524. The zero-order valence-electron chi connectivity index (χ0n) is 18.0. The van der Waals surface area contributed by atoms with E-state index < -0.39 is 35.8 Å². The topological polar surface area (TPSA) is 77.0 Å². The quantitative estimate of drug-likeness (QED) is 0.355. The number of aromatic nitrogens is 3. The lowest BCUT2D eigenvalue weighted by atomic mass is 9.77. The van der Waals surface area contributed by atoms with Crippen molar-refractivity contribution in [2.24, 2.45) is 0 Å². The van der Waals surface area contributed by atoms with E-state index in [0.717, 1.165) is 31.3 Å². The summed E-state index contributed by atoms with van der Waals surface area (Å²) in [5.41, 5.74) is -2.19. The number of alkyl halides is 5. The summed E-state index contributed by atoms with van der Waals surface area (Å²) < 4.78 is 73.7. The Labute approximate surface area is 190 Å². The van der Waals surface area contributed by atoms with Crippen molar-refractivity contribution in [1.29, 1.82) is 0 Å². The fourth-order valence-corrected chi connectivity index (χ4v) is 4.80. The summed E-state index contributed by atoms with van der Waals surface area (Å²) in [6.07, 6.45) is -6.93. The number of anilines is 1. The number of pyridine rings is 1. The molecule has 2 unspecified atom stereocenters. The first-order valence-electron chi connectivity index (χ1n) is 10.5. The maximum Gasteiger partial charge on any atom is 0.416 e. The molecule has 0 saturated carbocycles. The van der Waals surface area contributed by atoms with Crippen molar-refractivity contribution in [3.05, 3.63) is 35.3 Å². The normalized spacial score (nSPS) is 16.4. The number of carbonyl (C=O) groups is 1. The van der Waals surface area contributed by atoms with Crippen molar-refractivity contribution in [2.45, 2.75) is 63.7 Å². The Bertz CT molecular complexity index is 1010. The first-order chi connectivity index (χ1) is 15.6. The number of cyclic esters (lactones) is 1. The minimum atomic E-state index is -4.70. The summed E-state index contributed by atoms with van der Waals surface area (Å²) in [5, 5.41) is 2.20. The molecule has 1 amide bonds. The van der Waals surface area contributed by atoms with Crippen LogP contribution in [0.2, 0.25) is 0 Å².